The Morgan fingerprint density at radius 1 is 1.10 bits per heavy atom. The summed E-state index contributed by atoms with van der Waals surface area (Å²) in [6.07, 6.45) is 1.72. The number of benzene rings is 3. The summed E-state index contributed by atoms with van der Waals surface area (Å²) in [7, 11) is 0. The minimum Gasteiger partial charge on any atom is -0.487 e. The van der Waals surface area contributed by atoms with Crippen LogP contribution in [0.15, 0.2) is 69.6 Å². The maximum Gasteiger partial charge on any atom is 0.269 e. The standard InChI is InChI=1S/C23H16Br2N2O3/c1-15-2-4-16(5-3-15)14-30-23-21(24)11-17(12-22(23)25)10-19(13-26)18-6-8-20(9-7-18)27(28)29/h2-12H,14H2,1H3/b19-10+. The van der Waals surface area contributed by atoms with E-state index in [-0.39, 0.29) is 5.69 Å². The minimum atomic E-state index is -0.469. The first-order chi connectivity index (χ1) is 14.4. The molecule has 3 rings (SSSR count). The second kappa shape index (κ2) is 9.70. The van der Waals surface area contributed by atoms with Gasteiger partial charge in [-0.15, -0.1) is 0 Å². The minimum absolute atomic E-state index is 0.0170. The summed E-state index contributed by atoms with van der Waals surface area (Å²) in [5.74, 6) is 0.668. The number of hydrogen-bond donors (Lipinski definition) is 0. The van der Waals surface area contributed by atoms with Crippen LogP contribution in [0, 0.1) is 28.4 Å². The van der Waals surface area contributed by atoms with Crippen molar-refractivity contribution in [1.29, 1.82) is 5.26 Å². The topological polar surface area (TPSA) is 76.2 Å². The van der Waals surface area contributed by atoms with Crippen LogP contribution < -0.4 is 4.74 Å². The number of nitriles is 1. The van der Waals surface area contributed by atoms with Crippen molar-refractivity contribution in [2.75, 3.05) is 0 Å². The van der Waals surface area contributed by atoms with Gasteiger partial charge in [-0.25, -0.2) is 0 Å². The monoisotopic (exact) mass is 526 g/mol. The summed E-state index contributed by atoms with van der Waals surface area (Å²) in [6.45, 7) is 2.47. The van der Waals surface area contributed by atoms with E-state index in [1.165, 1.54) is 17.7 Å². The summed E-state index contributed by atoms with van der Waals surface area (Å²) < 4.78 is 7.45. The molecule has 0 spiro atoms. The molecular weight excluding hydrogens is 512 g/mol. The predicted molar refractivity (Wildman–Crippen MR) is 124 cm³/mol. The molecule has 0 atom stereocenters. The highest BCUT2D eigenvalue weighted by molar-refractivity contribution is 9.11. The van der Waals surface area contributed by atoms with Crippen molar-refractivity contribution in [3.05, 3.63) is 102 Å². The van der Waals surface area contributed by atoms with Crippen LogP contribution in [0.3, 0.4) is 0 Å². The van der Waals surface area contributed by atoms with Gasteiger partial charge in [0.25, 0.3) is 5.69 Å². The number of rotatable bonds is 6. The lowest BCUT2D eigenvalue weighted by Crippen LogP contribution is -1.97. The van der Waals surface area contributed by atoms with E-state index >= 15 is 0 Å². The maximum absolute atomic E-state index is 10.8. The Kier molecular flexibility index (Phi) is 7.03. The van der Waals surface area contributed by atoms with Crippen LogP contribution in [0.4, 0.5) is 5.69 Å². The Balaban J connectivity index is 1.83. The highest BCUT2D eigenvalue weighted by Gasteiger charge is 2.11. The molecule has 0 aliphatic heterocycles. The molecule has 0 saturated carbocycles. The summed E-state index contributed by atoms with van der Waals surface area (Å²) in [4.78, 5) is 10.3. The smallest absolute Gasteiger partial charge is 0.269 e. The van der Waals surface area contributed by atoms with Gasteiger partial charge in [0.2, 0.25) is 0 Å². The third-order valence-corrected chi connectivity index (χ3v) is 5.52. The molecule has 0 N–H and O–H groups in total. The molecule has 0 aromatic heterocycles. The zero-order valence-electron chi connectivity index (χ0n) is 15.9. The van der Waals surface area contributed by atoms with Crippen LogP contribution in [0.5, 0.6) is 5.75 Å². The van der Waals surface area contributed by atoms with Gasteiger partial charge in [0.05, 0.1) is 25.5 Å². The zero-order valence-corrected chi connectivity index (χ0v) is 19.1. The molecule has 0 aliphatic rings. The second-order valence-electron chi connectivity index (χ2n) is 6.56. The van der Waals surface area contributed by atoms with Crippen LogP contribution in [0.1, 0.15) is 22.3 Å². The summed E-state index contributed by atoms with van der Waals surface area (Å²) in [6, 6.07) is 19.9. The highest BCUT2D eigenvalue weighted by atomic mass is 79.9. The molecule has 0 unspecified atom stereocenters. The number of non-ortho nitro benzene ring substituents is 1. The van der Waals surface area contributed by atoms with Gasteiger partial charge in [-0.3, -0.25) is 10.1 Å². The molecule has 150 valence electrons. The van der Waals surface area contributed by atoms with Gasteiger partial charge < -0.3 is 4.74 Å². The number of hydrogen-bond acceptors (Lipinski definition) is 4. The van der Waals surface area contributed by atoms with Crippen molar-refractivity contribution in [2.24, 2.45) is 0 Å². The number of nitro benzene ring substituents is 1. The molecule has 0 heterocycles. The summed E-state index contributed by atoms with van der Waals surface area (Å²) in [5.41, 5.74) is 4.03. The average Bonchev–Trinajstić information content (AvgIpc) is 2.73. The number of allylic oxidation sites excluding steroid dienone is 1. The molecule has 0 saturated heterocycles. The number of nitrogens with zero attached hydrogens (tertiary/aromatic N) is 2. The molecule has 3 aromatic rings. The lowest BCUT2D eigenvalue weighted by Gasteiger charge is -2.12. The Hall–Kier alpha value is -2.95. The van der Waals surface area contributed by atoms with Crippen LogP contribution in [-0.2, 0) is 6.61 Å². The number of halogens is 2. The first kappa shape index (κ1) is 21.8. The fraction of sp³-hybridized carbons (Fsp3) is 0.0870. The second-order valence-corrected chi connectivity index (χ2v) is 8.27. The number of aryl methyl sites for hydroxylation is 1. The van der Waals surface area contributed by atoms with E-state index < -0.39 is 4.92 Å². The van der Waals surface area contributed by atoms with Gasteiger partial charge in [-0.05, 0) is 85.8 Å². The fourth-order valence-electron chi connectivity index (χ4n) is 2.75. The zero-order chi connectivity index (χ0) is 21.7. The molecule has 30 heavy (non-hydrogen) atoms. The lowest BCUT2D eigenvalue weighted by atomic mass is 10.0. The Morgan fingerprint density at radius 3 is 2.23 bits per heavy atom. The number of ether oxygens (including phenoxy) is 1. The van der Waals surface area contributed by atoms with Crippen LogP contribution in [-0.4, -0.2) is 4.92 Å². The molecule has 0 radical (unpaired) electrons. The highest BCUT2D eigenvalue weighted by Crippen LogP contribution is 2.36. The van der Waals surface area contributed by atoms with E-state index in [9.17, 15) is 15.4 Å². The first-order valence-electron chi connectivity index (χ1n) is 8.91. The van der Waals surface area contributed by atoms with E-state index in [4.69, 9.17) is 4.74 Å². The van der Waals surface area contributed by atoms with Gasteiger partial charge >= 0.3 is 0 Å². The van der Waals surface area contributed by atoms with E-state index in [2.05, 4.69) is 37.9 Å². The third kappa shape index (κ3) is 5.35. The van der Waals surface area contributed by atoms with E-state index in [0.717, 1.165) is 20.1 Å². The Labute approximate surface area is 191 Å². The molecule has 7 heteroatoms. The quantitative estimate of drug-likeness (QED) is 0.149. The largest absolute Gasteiger partial charge is 0.487 e. The molecule has 3 aromatic carbocycles. The van der Waals surface area contributed by atoms with Crippen LogP contribution in [0.2, 0.25) is 0 Å². The molecule has 0 fully saturated rings. The lowest BCUT2D eigenvalue weighted by molar-refractivity contribution is -0.384. The van der Waals surface area contributed by atoms with E-state index in [0.29, 0.717) is 23.5 Å². The SMILES string of the molecule is Cc1ccc(COc2c(Br)cc(/C=C(\C#N)c3ccc([N+](=O)[O-])cc3)cc2Br)cc1. The van der Waals surface area contributed by atoms with Crippen molar-refractivity contribution in [1.82, 2.24) is 0 Å². The van der Waals surface area contributed by atoms with Gasteiger partial charge in [0.1, 0.15) is 12.4 Å². The van der Waals surface area contributed by atoms with E-state index in [1.54, 1.807) is 18.2 Å². The number of nitro groups is 1. The molecular formula is C23H16Br2N2O3. The van der Waals surface area contributed by atoms with Crippen molar-refractivity contribution >= 4 is 49.2 Å². The molecule has 5 nitrogen and oxygen atoms in total. The fourth-order valence-corrected chi connectivity index (χ4v) is 4.20. The van der Waals surface area contributed by atoms with Crippen molar-refractivity contribution in [3.63, 3.8) is 0 Å². The Morgan fingerprint density at radius 2 is 1.70 bits per heavy atom. The average molecular weight is 528 g/mol. The molecule has 0 aliphatic carbocycles. The van der Waals surface area contributed by atoms with Gasteiger partial charge in [-0.1, -0.05) is 29.8 Å². The van der Waals surface area contributed by atoms with Crippen molar-refractivity contribution in [3.8, 4) is 11.8 Å². The first-order valence-corrected chi connectivity index (χ1v) is 10.5. The van der Waals surface area contributed by atoms with Crippen molar-refractivity contribution in [2.45, 2.75) is 13.5 Å². The summed E-state index contributed by atoms with van der Waals surface area (Å²) in [5, 5.41) is 20.4. The molecule has 0 amide bonds. The van der Waals surface area contributed by atoms with Crippen LogP contribution in [0.25, 0.3) is 11.6 Å². The maximum atomic E-state index is 10.8. The van der Waals surface area contributed by atoms with Crippen LogP contribution >= 0.6 is 31.9 Å². The van der Waals surface area contributed by atoms with Gasteiger partial charge in [0.15, 0.2) is 0 Å². The van der Waals surface area contributed by atoms with Gasteiger partial charge in [0, 0.05) is 12.1 Å². The third-order valence-electron chi connectivity index (χ3n) is 4.34. The van der Waals surface area contributed by atoms with Gasteiger partial charge in [-0.2, -0.15) is 5.26 Å². The molecule has 0 bridgehead atoms. The van der Waals surface area contributed by atoms with E-state index in [1.807, 2.05) is 43.3 Å². The van der Waals surface area contributed by atoms with Crippen molar-refractivity contribution < 1.29 is 9.66 Å². The predicted octanol–water partition coefficient (Wildman–Crippen LogP) is 7.07. The Bertz CT molecular complexity index is 1130. The normalized spacial score (nSPS) is 11.1. The summed E-state index contributed by atoms with van der Waals surface area (Å²) >= 11 is 7.07.